The summed E-state index contributed by atoms with van der Waals surface area (Å²) in [5.41, 5.74) is 4.62. The Morgan fingerprint density at radius 2 is 1.69 bits per heavy atom. The van der Waals surface area contributed by atoms with Crippen molar-refractivity contribution in [1.82, 2.24) is 19.9 Å². The van der Waals surface area contributed by atoms with Crippen molar-refractivity contribution >= 4 is 0 Å². The first-order valence-corrected chi connectivity index (χ1v) is 11.5. The highest BCUT2D eigenvalue weighted by atomic mass is 19.4. The quantitative estimate of drug-likeness (QED) is 0.376. The molecule has 0 saturated heterocycles. The van der Waals surface area contributed by atoms with Crippen LogP contribution in [-0.4, -0.2) is 33.2 Å². The van der Waals surface area contributed by atoms with Gasteiger partial charge in [-0.2, -0.15) is 13.2 Å². The Morgan fingerprint density at radius 3 is 2.53 bits per heavy atom. The van der Waals surface area contributed by atoms with Gasteiger partial charge in [-0.15, -0.1) is 0 Å². The van der Waals surface area contributed by atoms with Crippen LogP contribution < -0.4 is 9.47 Å². The molecule has 2 aromatic heterocycles. The average molecular weight is 490 g/mol. The first-order valence-electron chi connectivity index (χ1n) is 11.5. The average Bonchev–Trinajstić information content (AvgIpc) is 3.36. The minimum atomic E-state index is -4.36. The molecule has 0 amide bonds. The van der Waals surface area contributed by atoms with E-state index in [1.165, 1.54) is 12.1 Å². The molecule has 0 fully saturated rings. The van der Waals surface area contributed by atoms with Gasteiger partial charge in [0.25, 0.3) is 0 Å². The number of rotatable bonds is 4. The maximum absolute atomic E-state index is 12.8. The molecule has 0 saturated carbocycles. The first-order chi connectivity index (χ1) is 17.4. The van der Waals surface area contributed by atoms with E-state index in [0.717, 1.165) is 64.8 Å². The lowest BCUT2D eigenvalue weighted by atomic mass is 10.1. The predicted octanol–water partition coefficient (Wildman–Crippen LogP) is 5.51. The molecule has 36 heavy (non-hydrogen) atoms. The molecule has 2 aliphatic heterocycles. The Balaban J connectivity index is 1.15. The van der Waals surface area contributed by atoms with Gasteiger partial charge < -0.3 is 9.47 Å². The van der Waals surface area contributed by atoms with Crippen molar-refractivity contribution in [2.45, 2.75) is 25.7 Å². The number of halogens is 3. The van der Waals surface area contributed by atoms with Crippen molar-refractivity contribution in [3.05, 3.63) is 89.4 Å². The third-order valence-electron chi connectivity index (χ3n) is 6.34. The molecular weight excluding hydrogens is 469 g/mol. The topological polar surface area (TPSA) is 60.4 Å². The minimum absolute atomic E-state index is 0.234. The van der Waals surface area contributed by atoms with E-state index in [-0.39, 0.29) is 6.79 Å². The molecule has 0 spiro atoms. The van der Waals surface area contributed by atoms with Crippen molar-refractivity contribution in [3.8, 4) is 34.1 Å². The van der Waals surface area contributed by atoms with Crippen LogP contribution in [0.1, 0.15) is 22.5 Å². The number of ether oxygens (including phenoxy) is 2. The summed E-state index contributed by atoms with van der Waals surface area (Å²) in [6.45, 7) is 2.39. The zero-order valence-electron chi connectivity index (χ0n) is 19.1. The molecule has 6 nitrogen and oxygen atoms in total. The molecule has 2 aliphatic rings. The van der Waals surface area contributed by atoms with Crippen molar-refractivity contribution in [2.24, 2.45) is 0 Å². The number of hydrogen-bond donors (Lipinski definition) is 0. The summed E-state index contributed by atoms with van der Waals surface area (Å²) in [7, 11) is 0. The van der Waals surface area contributed by atoms with E-state index < -0.39 is 11.7 Å². The number of alkyl halides is 3. The summed E-state index contributed by atoms with van der Waals surface area (Å²) >= 11 is 0. The summed E-state index contributed by atoms with van der Waals surface area (Å²) in [5, 5.41) is 0. The Bertz CT molecular complexity index is 1420. The highest BCUT2D eigenvalue weighted by Crippen LogP contribution is 2.35. The third-order valence-corrected chi connectivity index (χ3v) is 6.34. The van der Waals surface area contributed by atoms with Crippen LogP contribution in [0.5, 0.6) is 11.5 Å². The zero-order chi connectivity index (χ0) is 24.7. The molecule has 4 aromatic rings. The van der Waals surface area contributed by atoms with Crippen LogP contribution in [0.15, 0.2) is 66.9 Å². The lowest BCUT2D eigenvalue weighted by Crippen LogP contribution is -2.31. The zero-order valence-corrected chi connectivity index (χ0v) is 19.1. The van der Waals surface area contributed by atoms with Crippen molar-refractivity contribution in [1.29, 1.82) is 0 Å². The second-order valence-electron chi connectivity index (χ2n) is 8.78. The van der Waals surface area contributed by atoms with E-state index in [1.807, 2.05) is 36.4 Å². The fraction of sp³-hybridized carbons (Fsp3) is 0.222. The number of fused-ring (bicyclic) bond motifs is 2. The predicted molar refractivity (Wildman–Crippen MR) is 126 cm³/mol. The molecule has 2 aromatic carbocycles. The molecule has 0 unspecified atom stereocenters. The van der Waals surface area contributed by atoms with Gasteiger partial charge in [0, 0.05) is 48.9 Å². The molecule has 4 heterocycles. The number of pyridine rings is 1. The number of hydrogen-bond acceptors (Lipinski definition) is 6. The second-order valence-corrected chi connectivity index (χ2v) is 8.78. The minimum Gasteiger partial charge on any atom is -0.454 e. The molecule has 6 rings (SSSR count). The van der Waals surface area contributed by atoms with Gasteiger partial charge in [-0.1, -0.05) is 18.2 Å². The number of aromatic nitrogens is 3. The Morgan fingerprint density at radius 1 is 0.889 bits per heavy atom. The van der Waals surface area contributed by atoms with E-state index in [1.54, 1.807) is 6.20 Å². The molecular formula is C27H21F3N4O2. The summed E-state index contributed by atoms with van der Waals surface area (Å²) in [5.74, 6) is 1.91. The molecule has 0 aliphatic carbocycles. The summed E-state index contributed by atoms with van der Waals surface area (Å²) in [4.78, 5) is 16.2. The van der Waals surface area contributed by atoms with Gasteiger partial charge in [0.15, 0.2) is 17.3 Å². The first kappa shape index (κ1) is 22.5. The monoisotopic (exact) mass is 490 g/mol. The highest BCUT2D eigenvalue weighted by Gasteiger charge is 2.30. The van der Waals surface area contributed by atoms with E-state index in [9.17, 15) is 13.2 Å². The highest BCUT2D eigenvalue weighted by molar-refractivity contribution is 5.64. The number of benzene rings is 2. The fourth-order valence-corrected chi connectivity index (χ4v) is 4.47. The number of nitrogens with zero attached hydrogens (tertiary/aromatic N) is 4. The van der Waals surface area contributed by atoms with Crippen LogP contribution in [0, 0.1) is 0 Å². The maximum atomic E-state index is 12.8. The van der Waals surface area contributed by atoms with Gasteiger partial charge in [-0.3, -0.25) is 9.88 Å². The molecule has 182 valence electrons. The Hall–Kier alpha value is -3.98. The van der Waals surface area contributed by atoms with Gasteiger partial charge in [0.1, 0.15) is 0 Å². The summed E-state index contributed by atoms with van der Waals surface area (Å²) in [6.07, 6.45) is -1.86. The van der Waals surface area contributed by atoms with Crippen LogP contribution >= 0.6 is 0 Å². The lowest BCUT2D eigenvalue weighted by Gasteiger charge is -2.27. The van der Waals surface area contributed by atoms with Gasteiger partial charge >= 0.3 is 6.18 Å². The molecule has 9 heteroatoms. The van der Waals surface area contributed by atoms with Gasteiger partial charge in [0.2, 0.25) is 6.79 Å². The normalized spacial score (nSPS) is 15.1. The van der Waals surface area contributed by atoms with Crippen LogP contribution in [-0.2, 0) is 25.7 Å². The lowest BCUT2D eigenvalue weighted by molar-refractivity contribution is -0.137. The molecule has 0 bridgehead atoms. The maximum Gasteiger partial charge on any atom is 0.416 e. The summed E-state index contributed by atoms with van der Waals surface area (Å²) in [6, 6.07) is 16.7. The standard InChI is InChI=1S/C27H21F3N4O2/c28-27(29,30)20-7-4-17(5-8-20)26-31-13-19-14-34(11-10-23(19)33-26)15-21-2-1-3-22(32-21)18-6-9-24-25(12-18)36-16-35-24/h1-9,12-13H,10-11,14-16H2. The molecule has 0 atom stereocenters. The van der Waals surface area contributed by atoms with Crippen LogP contribution in [0.2, 0.25) is 0 Å². The van der Waals surface area contributed by atoms with E-state index in [4.69, 9.17) is 14.5 Å². The van der Waals surface area contributed by atoms with Crippen molar-refractivity contribution in [3.63, 3.8) is 0 Å². The smallest absolute Gasteiger partial charge is 0.416 e. The Kier molecular flexibility index (Phi) is 5.56. The second kappa shape index (κ2) is 8.91. The van der Waals surface area contributed by atoms with E-state index >= 15 is 0 Å². The molecule has 0 N–H and O–H groups in total. The van der Waals surface area contributed by atoms with Crippen LogP contribution in [0.4, 0.5) is 13.2 Å². The fourth-order valence-electron chi connectivity index (χ4n) is 4.47. The van der Waals surface area contributed by atoms with Gasteiger partial charge in [-0.05, 0) is 42.5 Å². The van der Waals surface area contributed by atoms with Gasteiger partial charge in [0.05, 0.1) is 22.6 Å². The van der Waals surface area contributed by atoms with E-state index in [0.29, 0.717) is 24.5 Å². The van der Waals surface area contributed by atoms with Crippen LogP contribution in [0.25, 0.3) is 22.6 Å². The summed E-state index contributed by atoms with van der Waals surface area (Å²) < 4.78 is 49.4. The Labute approximate surface area is 205 Å². The third kappa shape index (κ3) is 4.49. The SMILES string of the molecule is FC(F)(F)c1ccc(-c2ncc3c(n2)CCN(Cc2cccc(-c4ccc5c(c4)OCO5)n2)C3)cc1. The van der Waals surface area contributed by atoms with E-state index in [2.05, 4.69) is 14.9 Å². The van der Waals surface area contributed by atoms with Crippen molar-refractivity contribution in [2.75, 3.05) is 13.3 Å². The van der Waals surface area contributed by atoms with Gasteiger partial charge in [-0.25, -0.2) is 9.97 Å². The largest absolute Gasteiger partial charge is 0.454 e. The van der Waals surface area contributed by atoms with Crippen LogP contribution in [0.3, 0.4) is 0 Å². The molecule has 0 radical (unpaired) electrons. The van der Waals surface area contributed by atoms with Crippen molar-refractivity contribution < 1.29 is 22.6 Å².